The number of amides is 2. The van der Waals surface area contributed by atoms with E-state index in [9.17, 15) is 14.0 Å². The van der Waals surface area contributed by atoms with E-state index in [0.29, 0.717) is 18.4 Å². The number of para-hydroxylation sites is 1. The Morgan fingerprint density at radius 2 is 2.09 bits per heavy atom. The van der Waals surface area contributed by atoms with Crippen molar-refractivity contribution >= 4 is 17.8 Å². The number of halogens is 1. The number of aliphatic imine (C=N–C) groups is 1. The van der Waals surface area contributed by atoms with Crippen molar-refractivity contribution in [1.29, 1.82) is 0 Å². The van der Waals surface area contributed by atoms with E-state index in [1.54, 1.807) is 0 Å². The van der Waals surface area contributed by atoms with Crippen LogP contribution in [0.15, 0.2) is 47.7 Å². The Bertz CT molecular complexity index is 1200. The summed E-state index contributed by atoms with van der Waals surface area (Å²) >= 11 is 0. The number of aromatic nitrogens is 1. The lowest BCUT2D eigenvalue weighted by molar-refractivity contribution is -0.131. The van der Waals surface area contributed by atoms with Gasteiger partial charge in [0.25, 0.3) is 0 Å². The molecule has 0 saturated heterocycles. The summed E-state index contributed by atoms with van der Waals surface area (Å²) in [7, 11) is 0. The highest BCUT2D eigenvalue weighted by molar-refractivity contribution is 5.99. The van der Waals surface area contributed by atoms with E-state index in [1.165, 1.54) is 17.2 Å². The molecule has 1 saturated carbocycles. The molecule has 1 fully saturated rings. The van der Waals surface area contributed by atoms with Gasteiger partial charge in [0.2, 0.25) is 11.8 Å². The molecule has 3 aliphatic rings. The minimum Gasteiger partial charge on any atom is -0.487 e. The number of nitrogens with two attached hydrogens (primary N) is 1. The van der Waals surface area contributed by atoms with Gasteiger partial charge in [0.05, 0.1) is 24.3 Å². The molecular weight excluding hydrogens is 449 g/mol. The topological polar surface area (TPSA) is 110 Å². The van der Waals surface area contributed by atoms with Gasteiger partial charge in [-0.3, -0.25) is 19.5 Å². The van der Waals surface area contributed by atoms with E-state index in [1.807, 2.05) is 45.0 Å². The van der Waals surface area contributed by atoms with Crippen molar-refractivity contribution in [1.82, 2.24) is 15.2 Å². The predicted molar refractivity (Wildman–Crippen MR) is 128 cm³/mol. The molecule has 1 aromatic carbocycles. The van der Waals surface area contributed by atoms with Gasteiger partial charge in [-0.25, -0.2) is 9.38 Å². The SMILES string of the molecule is C[C@@H]1CC(=O)N(C(c2cncc(F)c2)[C@H]2CC2C(=O)N[C@H]2CC(C)(C)Oc3ccccc32)C(N)=N1. The van der Waals surface area contributed by atoms with E-state index in [4.69, 9.17) is 10.5 Å². The molecule has 8 nitrogen and oxygen atoms in total. The Balaban J connectivity index is 1.40. The largest absolute Gasteiger partial charge is 0.487 e. The summed E-state index contributed by atoms with van der Waals surface area (Å²) in [5.41, 5.74) is 7.21. The number of ether oxygens (including phenoxy) is 1. The average Bonchev–Trinajstić information content (AvgIpc) is 3.56. The van der Waals surface area contributed by atoms with E-state index >= 15 is 0 Å². The van der Waals surface area contributed by atoms with Crippen LogP contribution in [0.1, 0.15) is 63.2 Å². The fourth-order valence-corrected chi connectivity index (χ4v) is 5.36. The van der Waals surface area contributed by atoms with Gasteiger partial charge in [-0.15, -0.1) is 0 Å². The van der Waals surface area contributed by atoms with Crippen LogP contribution in [-0.4, -0.2) is 39.3 Å². The number of hydrogen-bond donors (Lipinski definition) is 2. The minimum absolute atomic E-state index is 0.0918. The summed E-state index contributed by atoms with van der Waals surface area (Å²) in [6.45, 7) is 5.82. The number of nitrogens with one attached hydrogen (secondary N) is 1. The maximum absolute atomic E-state index is 14.1. The number of hydrogen-bond acceptors (Lipinski definition) is 6. The number of rotatable bonds is 5. The second kappa shape index (κ2) is 8.62. The highest BCUT2D eigenvalue weighted by Crippen LogP contribution is 2.51. The Morgan fingerprint density at radius 3 is 2.83 bits per heavy atom. The monoisotopic (exact) mass is 479 g/mol. The summed E-state index contributed by atoms with van der Waals surface area (Å²) in [5, 5.41) is 3.20. The molecule has 5 atom stereocenters. The Kier molecular flexibility index (Phi) is 5.73. The summed E-state index contributed by atoms with van der Waals surface area (Å²) in [5.74, 6) is -0.519. The van der Waals surface area contributed by atoms with Gasteiger partial charge in [-0.05, 0) is 50.8 Å². The lowest BCUT2D eigenvalue weighted by atomic mass is 9.89. The number of pyridine rings is 1. The van der Waals surface area contributed by atoms with Crippen LogP contribution in [-0.2, 0) is 9.59 Å². The maximum Gasteiger partial charge on any atom is 0.232 e. The average molecular weight is 480 g/mol. The van der Waals surface area contributed by atoms with Gasteiger partial charge in [0, 0.05) is 30.5 Å². The summed E-state index contributed by atoms with van der Waals surface area (Å²) in [4.78, 5) is 36.1. The smallest absolute Gasteiger partial charge is 0.232 e. The van der Waals surface area contributed by atoms with Gasteiger partial charge in [-0.1, -0.05) is 18.2 Å². The van der Waals surface area contributed by atoms with Crippen molar-refractivity contribution in [2.45, 2.75) is 63.8 Å². The Hall–Kier alpha value is -3.49. The standard InChI is InChI=1S/C26H30FN5O3/c1-14-8-22(33)32(25(28)30-14)23(15-9-16(27)13-29-12-15)18-10-19(18)24(34)31-20-11-26(2,3)35-21-7-5-4-6-17(20)21/h4-7,9,12-14,18-20,23H,8,10-11H2,1-3H3,(H2,28,30)(H,31,34)/t14-,18+,19?,20+,23?/m1/s1. The van der Waals surface area contributed by atoms with Gasteiger partial charge in [0.1, 0.15) is 17.2 Å². The molecule has 2 aliphatic heterocycles. The van der Waals surface area contributed by atoms with Crippen molar-refractivity contribution < 1.29 is 18.7 Å². The fourth-order valence-electron chi connectivity index (χ4n) is 5.36. The van der Waals surface area contributed by atoms with Gasteiger partial charge in [0.15, 0.2) is 5.96 Å². The third kappa shape index (κ3) is 4.59. The molecule has 3 heterocycles. The van der Waals surface area contributed by atoms with Crippen LogP contribution >= 0.6 is 0 Å². The maximum atomic E-state index is 14.1. The zero-order valence-electron chi connectivity index (χ0n) is 20.1. The second-order valence-corrected chi connectivity index (χ2v) is 10.4. The number of carbonyl (C=O) groups excluding carboxylic acids is 2. The van der Waals surface area contributed by atoms with Crippen LogP contribution < -0.4 is 15.8 Å². The van der Waals surface area contributed by atoms with Crippen molar-refractivity contribution in [2.75, 3.05) is 0 Å². The highest BCUT2D eigenvalue weighted by atomic mass is 19.1. The number of benzene rings is 1. The number of carbonyl (C=O) groups is 2. The third-order valence-corrected chi connectivity index (χ3v) is 6.96. The van der Waals surface area contributed by atoms with E-state index in [2.05, 4.69) is 15.3 Å². The van der Waals surface area contributed by atoms with Crippen LogP contribution in [0, 0.1) is 17.7 Å². The zero-order chi connectivity index (χ0) is 24.9. The molecule has 5 rings (SSSR count). The first-order valence-electron chi connectivity index (χ1n) is 12.0. The van der Waals surface area contributed by atoms with Gasteiger partial charge < -0.3 is 15.8 Å². The van der Waals surface area contributed by atoms with Crippen LogP contribution in [0.25, 0.3) is 0 Å². The molecule has 1 aliphatic carbocycles. The quantitative estimate of drug-likeness (QED) is 0.684. The molecule has 3 N–H and O–H groups in total. The Labute approximate surface area is 203 Å². The lowest BCUT2D eigenvalue weighted by Crippen LogP contribution is -2.49. The number of nitrogens with zero attached hydrogens (tertiary/aromatic N) is 3. The molecule has 0 radical (unpaired) electrons. The Morgan fingerprint density at radius 1 is 1.31 bits per heavy atom. The summed E-state index contributed by atoms with van der Waals surface area (Å²) in [6, 6.07) is 8.03. The summed E-state index contributed by atoms with van der Waals surface area (Å²) < 4.78 is 20.2. The van der Waals surface area contributed by atoms with E-state index in [0.717, 1.165) is 17.5 Å². The minimum atomic E-state index is -0.615. The lowest BCUT2D eigenvalue weighted by Gasteiger charge is -2.38. The van der Waals surface area contributed by atoms with Crippen LogP contribution in [0.5, 0.6) is 5.75 Å². The van der Waals surface area contributed by atoms with Crippen LogP contribution in [0.3, 0.4) is 0 Å². The van der Waals surface area contributed by atoms with Gasteiger partial charge >= 0.3 is 0 Å². The molecule has 9 heteroatoms. The predicted octanol–water partition coefficient (Wildman–Crippen LogP) is 3.25. The van der Waals surface area contributed by atoms with E-state index in [-0.39, 0.29) is 48.1 Å². The third-order valence-electron chi connectivity index (χ3n) is 6.96. The molecule has 184 valence electrons. The molecule has 2 amide bonds. The first-order chi connectivity index (χ1) is 16.6. The molecule has 2 aromatic rings. The first kappa shape index (κ1) is 23.3. The molecule has 35 heavy (non-hydrogen) atoms. The molecule has 2 unspecified atom stereocenters. The first-order valence-corrected chi connectivity index (χ1v) is 12.0. The normalized spacial score (nSPS) is 27.8. The zero-order valence-corrected chi connectivity index (χ0v) is 20.1. The van der Waals surface area contributed by atoms with Crippen LogP contribution in [0.2, 0.25) is 0 Å². The molecule has 0 bridgehead atoms. The second-order valence-electron chi connectivity index (χ2n) is 10.4. The highest BCUT2D eigenvalue weighted by Gasteiger charge is 2.53. The molecule has 1 aromatic heterocycles. The van der Waals surface area contributed by atoms with Gasteiger partial charge in [-0.2, -0.15) is 0 Å². The van der Waals surface area contributed by atoms with Crippen molar-refractivity contribution in [2.24, 2.45) is 22.6 Å². The van der Waals surface area contributed by atoms with E-state index < -0.39 is 17.5 Å². The molecule has 0 spiro atoms. The van der Waals surface area contributed by atoms with Crippen molar-refractivity contribution in [3.8, 4) is 5.75 Å². The van der Waals surface area contributed by atoms with Crippen molar-refractivity contribution in [3.63, 3.8) is 0 Å². The van der Waals surface area contributed by atoms with Crippen molar-refractivity contribution in [3.05, 3.63) is 59.7 Å². The number of guanidine groups is 1. The molecular formula is C26H30FN5O3. The number of fused-ring (bicyclic) bond motifs is 1. The summed E-state index contributed by atoms with van der Waals surface area (Å²) in [6.07, 6.45) is 4.02. The fraction of sp³-hybridized carbons (Fsp3) is 0.462. The van der Waals surface area contributed by atoms with Crippen LogP contribution in [0.4, 0.5) is 4.39 Å².